The minimum Gasteiger partial charge on any atom is -0.333 e. The molecule has 1 nitrogen and oxygen atoms in total. The van der Waals surface area contributed by atoms with Crippen molar-refractivity contribution in [1.29, 1.82) is 0 Å². The van der Waals surface area contributed by atoms with E-state index in [-0.39, 0.29) is 0 Å². The fraction of sp³-hybridized carbons (Fsp3) is 0.455. The Bertz CT molecular complexity index is 129. The predicted octanol–water partition coefficient (Wildman–Crippen LogP) is 2.68. The number of hydrogen-bond donors (Lipinski definition) is 1. The van der Waals surface area contributed by atoms with E-state index in [4.69, 9.17) is 0 Å². The van der Waals surface area contributed by atoms with E-state index >= 15 is 0 Å². The van der Waals surface area contributed by atoms with Gasteiger partial charge in [-0.1, -0.05) is 56.2 Å². The minimum absolute atomic E-state index is 1.08. The second-order valence-electron chi connectivity index (χ2n) is 2.84. The minimum atomic E-state index is 1.08. The largest absolute Gasteiger partial charge is 0.333 e. The lowest BCUT2D eigenvalue weighted by Crippen LogP contribution is -1.69. The zero-order chi connectivity index (χ0) is 9.23. The lowest BCUT2D eigenvalue weighted by molar-refractivity contribution is 0.983. The van der Waals surface area contributed by atoms with Crippen LogP contribution in [0, 0.1) is 5.92 Å². The summed E-state index contributed by atoms with van der Waals surface area (Å²) in [5.41, 5.74) is 4.50. The third-order valence-electron chi connectivity index (χ3n) is 1.53. The molecule has 0 atom stereocenters. The number of hydrogen-bond acceptors (Lipinski definition) is 1. The molecule has 0 heterocycles. The summed E-state index contributed by atoms with van der Waals surface area (Å²) >= 11 is 0. The zero-order valence-electron chi connectivity index (χ0n) is 8.03. The van der Waals surface area contributed by atoms with Gasteiger partial charge in [0.25, 0.3) is 0 Å². The van der Waals surface area contributed by atoms with Crippen molar-refractivity contribution in [1.82, 2.24) is 0 Å². The van der Waals surface area contributed by atoms with Gasteiger partial charge in [0.05, 0.1) is 0 Å². The Hall–Kier alpha value is -0.820. The average molecular weight is 165 g/mol. The molecule has 0 aromatic heterocycles. The maximum Gasteiger partial charge on any atom is -0.0195 e. The van der Waals surface area contributed by atoms with Crippen LogP contribution in [0.1, 0.15) is 19.8 Å². The Morgan fingerprint density at radius 3 is 1.08 bits per heavy atom. The van der Waals surface area contributed by atoms with E-state index in [1.165, 1.54) is 19.9 Å². The fourth-order valence-electron chi connectivity index (χ4n) is 0.552. The molecular formula is C11H19N. The first-order valence-electron chi connectivity index (χ1n) is 4.47. The van der Waals surface area contributed by atoms with Gasteiger partial charge in [-0.15, -0.1) is 0 Å². The van der Waals surface area contributed by atoms with E-state index in [1.807, 2.05) is 36.4 Å². The molecule has 1 heteroatoms. The highest BCUT2D eigenvalue weighted by atomic mass is 14.4. The third kappa shape index (κ3) is 9.18. The average Bonchev–Trinajstić information content (AvgIpc) is 2.95. The summed E-state index contributed by atoms with van der Waals surface area (Å²) < 4.78 is 0. The molecule has 0 amide bonds. The SMILES string of the molecule is CC1CC1.CN.c1ccccc1. The summed E-state index contributed by atoms with van der Waals surface area (Å²) in [6.45, 7) is 2.28. The standard InChI is InChI=1S/C6H6.C4H8.CH5N/c1-2-4-6-5-3-1;1-4-2-3-4;1-2/h1-6H;4H,2-3H2,1H3;2H2,1H3. The summed E-state index contributed by atoms with van der Waals surface area (Å²) in [7, 11) is 1.50. The van der Waals surface area contributed by atoms with Gasteiger partial charge in [0, 0.05) is 0 Å². The summed E-state index contributed by atoms with van der Waals surface area (Å²) in [6.07, 6.45) is 2.97. The first-order chi connectivity index (χ1) is 5.89. The molecule has 0 bridgehead atoms. The van der Waals surface area contributed by atoms with E-state index in [2.05, 4.69) is 12.7 Å². The molecule has 0 radical (unpaired) electrons. The predicted molar refractivity (Wildman–Crippen MR) is 55.0 cm³/mol. The summed E-state index contributed by atoms with van der Waals surface area (Å²) in [6, 6.07) is 12.0. The van der Waals surface area contributed by atoms with E-state index in [9.17, 15) is 0 Å². The molecule has 1 aromatic rings. The Morgan fingerprint density at radius 2 is 1.00 bits per heavy atom. The Balaban J connectivity index is 0.000000176. The van der Waals surface area contributed by atoms with E-state index in [1.54, 1.807) is 0 Å². The summed E-state index contributed by atoms with van der Waals surface area (Å²) in [5, 5.41) is 0. The molecule has 0 aliphatic heterocycles. The van der Waals surface area contributed by atoms with Crippen LogP contribution in [0.4, 0.5) is 0 Å². The van der Waals surface area contributed by atoms with Crippen LogP contribution in [0.25, 0.3) is 0 Å². The van der Waals surface area contributed by atoms with Crippen LogP contribution in [-0.4, -0.2) is 7.05 Å². The van der Waals surface area contributed by atoms with Crippen molar-refractivity contribution in [2.45, 2.75) is 19.8 Å². The maximum atomic E-state index is 4.50. The maximum absolute atomic E-state index is 4.50. The summed E-state index contributed by atoms with van der Waals surface area (Å²) in [4.78, 5) is 0. The van der Waals surface area contributed by atoms with Gasteiger partial charge in [-0.05, 0) is 13.0 Å². The Kier molecular flexibility index (Phi) is 7.71. The van der Waals surface area contributed by atoms with Crippen LogP contribution < -0.4 is 5.73 Å². The molecule has 1 aliphatic carbocycles. The number of rotatable bonds is 0. The second-order valence-corrected chi connectivity index (χ2v) is 2.84. The van der Waals surface area contributed by atoms with Gasteiger partial charge < -0.3 is 5.73 Å². The van der Waals surface area contributed by atoms with Gasteiger partial charge in [-0.3, -0.25) is 0 Å². The van der Waals surface area contributed by atoms with Crippen LogP contribution >= 0.6 is 0 Å². The molecule has 1 aliphatic rings. The van der Waals surface area contributed by atoms with Crippen molar-refractivity contribution >= 4 is 0 Å². The molecule has 0 spiro atoms. The topological polar surface area (TPSA) is 26.0 Å². The van der Waals surface area contributed by atoms with Crippen molar-refractivity contribution in [3.05, 3.63) is 36.4 Å². The van der Waals surface area contributed by atoms with Crippen LogP contribution in [0.5, 0.6) is 0 Å². The lowest BCUT2D eigenvalue weighted by atomic mass is 10.4. The smallest absolute Gasteiger partial charge is 0.0195 e. The highest BCUT2D eigenvalue weighted by Gasteiger charge is 2.12. The zero-order valence-corrected chi connectivity index (χ0v) is 8.03. The van der Waals surface area contributed by atoms with Crippen LogP contribution in [0.3, 0.4) is 0 Å². The molecule has 12 heavy (non-hydrogen) atoms. The molecule has 1 fully saturated rings. The highest BCUT2D eigenvalue weighted by Crippen LogP contribution is 2.26. The molecule has 2 N–H and O–H groups in total. The number of benzene rings is 1. The molecule has 2 rings (SSSR count). The molecule has 1 saturated carbocycles. The number of nitrogens with two attached hydrogens (primary N) is 1. The van der Waals surface area contributed by atoms with Gasteiger partial charge in [0.15, 0.2) is 0 Å². The first kappa shape index (κ1) is 11.2. The van der Waals surface area contributed by atoms with Gasteiger partial charge in [-0.2, -0.15) is 0 Å². The molecule has 68 valence electrons. The monoisotopic (exact) mass is 165 g/mol. The van der Waals surface area contributed by atoms with Crippen molar-refractivity contribution < 1.29 is 0 Å². The molecule has 0 unspecified atom stereocenters. The normalized spacial score (nSPS) is 13.2. The lowest BCUT2D eigenvalue weighted by Gasteiger charge is -1.69. The van der Waals surface area contributed by atoms with Crippen molar-refractivity contribution in [2.24, 2.45) is 11.7 Å². The van der Waals surface area contributed by atoms with E-state index in [0.29, 0.717) is 0 Å². The Labute approximate surface area is 75.6 Å². The Morgan fingerprint density at radius 1 is 0.833 bits per heavy atom. The van der Waals surface area contributed by atoms with Crippen LogP contribution in [0.2, 0.25) is 0 Å². The van der Waals surface area contributed by atoms with Gasteiger partial charge in [0.2, 0.25) is 0 Å². The molecular weight excluding hydrogens is 146 g/mol. The quantitative estimate of drug-likeness (QED) is 0.628. The highest BCUT2D eigenvalue weighted by molar-refractivity contribution is 4.99. The van der Waals surface area contributed by atoms with Gasteiger partial charge in [0.1, 0.15) is 0 Å². The molecule has 0 saturated heterocycles. The van der Waals surface area contributed by atoms with Crippen molar-refractivity contribution in [3.63, 3.8) is 0 Å². The van der Waals surface area contributed by atoms with Gasteiger partial charge >= 0.3 is 0 Å². The fourth-order valence-corrected chi connectivity index (χ4v) is 0.552. The van der Waals surface area contributed by atoms with E-state index in [0.717, 1.165) is 5.92 Å². The summed E-state index contributed by atoms with van der Waals surface area (Å²) in [5.74, 6) is 1.08. The third-order valence-corrected chi connectivity index (χ3v) is 1.53. The molecule has 1 aromatic carbocycles. The van der Waals surface area contributed by atoms with Crippen molar-refractivity contribution in [3.8, 4) is 0 Å². The second kappa shape index (κ2) is 8.28. The van der Waals surface area contributed by atoms with Crippen molar-refractivity contribution in [2.75, 3.05) is 7.05 Å². The van der Waals surface area contributed by atoms with Crippen LogP contribution in [0.15, 0.2) is 36.4 Å². The van der Waals surface area contributed by atoms with Crippen LogP contribution in [-0.2, 0) is 0 Å². The first-order valence-corrected chi connectivity index (χ1v) is 4.47. The van der Waals surface area contributed by atoms with E-state index < -0.39 is 0 Å². The van der Waals surface area contributed by atoms with Gasteiger partial charge in [-0.25, -0.2) is 0 Å².